The Balaban J connectivity index is 1.75. The van der Waals surface area contributed by atoms with Gasteiger partial charge in [0.2, 0.25) is 0 Å². The molecule has 0 saturated carbocycles. The van der Waals surface area contributed by atoms with Crippen LogP contribution in [0.5, 0.6) is 0 Å². The average Bonchev–Trinajstić information content (AvgIpc) is 2.68. The quantitative estimate of drug-likeness (QED) is 0.831. The van der Waals surface area contributed by atoms with Crippen LogP contribution in [-0.2, 0) is 5.41 Å². The number of amides is 1. The first-order valence-corrected chi connectivity index (χ1v) is 9.58. The molecular formula is C22H28FN3O. The molecule has 1 aliphatic rings. The van der Waals surface area contributed by atoms with Crippen LogP contribution >= 0.6 is 0 Å². The van der Waals surface area contributed by atoms with Crippen molar-refractivity contribution in [2.75, 3.05) is 36.4 Å². The molecule has 1 saturated heterocycles. The molecule has 5 heteroatoms. The van der Waals surface area contributed by atoms with Gasteiger partial charge in [-0.05, 0) is 47.7 Å². The van der Waals surface area contributed by atoms with Crippen molar-refractivity contribution in [1.82, 2.24) is 5.32 Å². The van der Waals surface area contributed by atoms with Crippen LogP contribution in [0.15, 0.2) is 42.5 Å². The van der Waals surface area contributed by atoms with E-state index in [1.54, 1.807) is 12.1 Å². The van der Waals surface area contributed by atoms with Crippen LogP contribution in [0.1, 0.15) is 43.1 Å². The number of halogens is 1. The SMILES string of the molecule is CCC(C)(C)c1cccc(NC(=O)c2ccc(N3CCNCC3)c(F)c2)c1. The highest BCUT2D eigenvalue weighted by Gasteiger charge is 2.19. The maximum Gasteiger partial charge on any atom is 0.255 e. The van der Waals surface area contributed by atoms with Gasteiger partial charge in [0, 0.05) is 37.4 Å². The lowest BCUT2D eigenvalue weighted by atomic mass is 9.82. The Morgan fingerprint density at radius 1 is 1.19 bits per heavy atom. The molecule has 1 fully saturated rings. The Bertz CT molecular complexity index is 813. The molecule has 1 amide bonds. The summed E-state index contributed by atoms with van der Waals surface area (Å²) in [6.07, 6.45) is 1.00. The Morgan fingerprint density at radius 2 is 1.93 bits per heavy atom. The van der Waals surface area contributed by atoms with E-state index in [0.29, 0.717) is 11.3 Å². The van der Waals surface area contributed by atoms with Gasteiger partial charge in [-0.1, -0.05) is 32.9 Å². The fraction of sp³-hybridized carbons (Fsp3) is 0.409. The van der Waals surface area contributed by atoms with E-state index >= 15 is 0 Å². The summed E-state index contributed by atoms with van der Waals surface area (Å²) < 4.78 is 14.6. The average molecular weight is 369 g/mol. The van der Waals surface area contributed by atoms with Crippen LogP contribution < -0.4 is 15.5 Å². The Labute approximate surface area is 160 Å². The van der Waals surface area contributed by atoms with E-state index in [9.17, 15) is 9.18 Å². The zero-order valence-corrected chi connectivity index (χ0v) is 16.3. The second kappa shape index (κ2) is 8.09. The number of anilines is 2. The number of piperazine rings is 1. The van der Waals surface area contributed by atoms with Crippen molar-refractivity contribution in [2.24, 2.45) is 0 Å². The van der Waals surface area contributed by atoms with Crippen LogP contribution in [0.25, 0.3) is 0 Å². The van der Waals surface area contributed by atoms with Crippen LogP contribution in [0.4, 0.5) is 15.8 Å². The van der Waals surface area contributed by atoms with Gasteiger partial charge in [0.05, 0.1) is 5.69 Å². The molecule has 4 nitrogen and oxygen atoms in total. The van der Waals surface area contributed by atoms with E-state index in [0.717, 1.165) is 38.3 Å². The van der Waals surface area contributed by atoms with Gasteiger partial charge in [-0.15, -0.1) is 0 Å². The number of hydrogen-bond donors (Lipinski definition) is 2. The fourth-order valence-corrected chi connectivity index (χ4v) is 3.24. The van der Waals surface area contributed by atoms with Crippen molar-refractivity contribution in [3.8, 4) is 0 Å². The van der Waals surface area contributed by atoms with E-state index in [4.69, 9.17) is 0 Å². The minimum atomic E-state index is -0.356. The van der Waals surface area contributed by atoms with Crippen molar-refractivity contribution < 1.29 is 9.18 Å². The topological polar surface area (TPSA) is 44.4 Å². The molecule has 0 aromatic heterocycles. The summed E-state index contributed by atoms with van der Waals surface area (Å²) in [5.41, 5.74) is 2.82. The number of rotatable bonds is 5. The highest BCUT2D eigenvalue weighted by Crippen LogP contribution is 2.28. The maximum atomic E-state index is 14.6. The highest BCUT2D eigenvalue weighted by molar-refractivity contribution is 6.04. The molecule has 0 bridgehead atoms. The lowest BCUT2D eigenvalue weighted by molar-refractivity contribution is 0.102. The van der Waals surface area contributed by atoms with Gasteiger partial charge in [-0.3, -0.25) is 4.79 Å². The van der Waals surface area contributed by atoms with Crippen molar-refractivity contribution in [1.29, 1.82) is 0 Å². The van der Waals surface area contributed by atoms with Crippen molar-refractivity contribution in [3.05, 3.63) is 59.4 Å². The third kappa shape index (κ3) is 4.48. The van der Waals surface area contributed by atoms with Gasteiger partial charge in [0.25, 0.3) is 5.91 Å². The van der Waals surface area contributed by atoms with Gasteiger partial charge in [-0.25, -0.2) is 4.39 Å². The van der Waals surface area contributed by atoms with Gasteiger partial charge >= 0.3 is 0 Å². The lowest BCUT2D eigenvalue weighted by Gasteiger charge is -2.29. The first-order chi connectivity index (χ1) is 12.9. The van der Waals surface area contributed by atoms with Crippen LogP contribution in [0, 0.1) is 5.82 Å². The zero-order chi connectivity index (χ0) is 19.4. The Morgan fingerprint density at radius 3 is 2.59 bits per heavy atom. The fourth-order valence-electron chi connectivity index (χ4n) is 3.24. The normalized spacial score (nSPS) is 14.9. The zero-order valence-electron chi connectivity index (χ0n) is 16.3. The largest absolute Gasteiger partial charge is 0.367 e. The van der Waals surface area contributed by atoms with E-state index in [2.05, 4.69) is 37.5 Å². The smallest absolute Gasteiger partial charge is 0.255 e. The molecule has 27 heavy (non-hydrogen) atoms. The molecule has 2 N–H and O–H groups in total. The molecule has 1 heterocycles. The van der Waals surface area contributed by atoms with E-state index < -0.39 is 0 Å². The Hall–Kier alpha value is -2.40. The summed E-state index contributed by atoms with van der Waals surface area (Å²) in [6, 6.07) is 12.6. The summed E-state index contributed by atoms with van der Waals surface area (Å²) in [5, 5.41) is 6.14. The number of nitrogens with one attached hydrogen (secondary N) is 2. The molecule has 2 aromatic rings. The highest BCUT2D eigenvalue weighted by atomic mass is 19.1. The standard InChI is InChI=1S/C22H28FN3O/c1-4-22(2,3)17-6-5-7-18(15-17)25-21(27)16-8-9-20(19(23)14-16)26-12-10-24-11-13-26/h5-9,14-15,24H,4,10-13H2,1-3H3,(H,25,27). The van der Waals surface area contributed by atoms with E-state index in [1.165, 1.54) is 11.6 Å². The van der Waals surface area contributed by atoms with E-state index in [-0.39, 0.29) is 17.1 Å². The number of carbonyl (C=O) groups is 1. The molecule has 0 aliphatic carbocycles. The first kappa shape index (κ1) is 19.4. The molecule has 3 rings (SSSR count). The van der Waals surface area contributed by atoms with Gasteiger partial charge in [-0.2, -0.15) is 0 Å². The minimum absolute atomic E-state index is 0.0395. The predicted molar refractivity (Wildman–Crippen MR) is 109 cm³/mol. The third-order valence-electron chi connectivity index (χ3n) is 5.45. The lowest BCUT2D eigenvalue weighted by Crippen LogP contribution is -2.43. The second-order valence-electron chi connectivity index (χ2n) is 7.68. The van der Waals surface area contributed by atoms with Gasteiger partial charge in [0.1, 0.15) is 5.82 Å². The number of hydrogen-bond acceptors (Lipinski definition) is 3. The molecular weight excluding hydrogens is 341 g/mol. The van der Waals surface area contributed by atoms with Crippen LogP contribution in [-0.4, -0.2) is 32.1 Å². The van der Waals surface area contributed by atoms with Crippen LogP contribution in [0.3, 0.4) is 0 Å². The molecule has 0 unspecified atom stereocenters. The third-order valence-corrected chi connectivity index (χ3v) is 5.45. The molecule has 0 radical (unpaired) electrons. The van der Waals surface area contributed by atoms with Crippen molar-refractivity contribution in [2.45, 2.75) is 32.6 Å². The molecule has 144 valence electrons. The first-order valence-electron chi connectivity index (χ1n) is 9.58. The van der Waals surface area contributed by atoms with Gasteiger partial charge < -0.3 is 15.5 Å². The summed E-state index contributed by atoms with van der Waals surface area (Å²) in [4.78, 5) is 14.6. The molecule has 1 aliphatic heterocycles. The predicted octanol–water partition coefficient (Wildman–Crippen LogP) is 4.18. The summed E-state index contributed by atoms with van der Waals surface area (Å²) in [7, 11) is 0. The van der Waals surface area contributed by atoms with E-state index in [1.807, 2.05) is 23.1 Å². The number of nitrogens with zero attached hydrogens (tertiary/aromatic N) is 1. The maximum absolute atomic E-state index is 14.6. The van der Waals surface area contributed by atoms with Crippen molar-refractivity contribution >= 4 is 17.3 Å². The molecule has 0 atom stereocenters. The summed E-state index contributed by atoms with van der Waals surface area (Å²) in [5.74, 6) is -0.655. The number of carbonyl (C=O) groups excluding carboxylic acids is 1. The molecule has 2 aromatic carbocycles. The monoisotopic (exact) mass is 369 g/mol. The Kier molecular flexibility index (Phi) is 5.80. The van der Waals surface area contributed by atoms with Crippen molar-refractivity contribution in [3.63, 3.8) is 0 Å². The van der Waals surface area contributed by atoms with Gasteiger partial charge in [0.15, 0.2) is 0 Å². The molecule has 0 spiro atoms. The second-order valence-corrected chi connectivity index (χ2v) is 7.68. The summed E-state index contributed by atoms with van der Waals surface area (Å²) in [6.45, 7) is 9.72. The number of benzene rings is 2. The van der Waals surface area contributed by atoms with Crippen LogP contribution in [0.2, 0.25) is 0 Å². The minimum Gasteiger partial charge on any atom is -0.367 e. The summed E-state index contributed by atoms with van der Waals surface area (Å²) >= 11 is 0.